The molecule has 2 aromatic carbocycles. The summed E-state index contributed by atoms with van der Waals surface area (Å²) in [6.45, 7) is 0. The fourth-order valence-electron chi connectivity index (χ4n) is 2.07. The first kappa shape index (κ1) is 10.0. The smallest absolute Gasteiger partial charge is 0.232 e. The van der Waals surface area contributed by atoms with Crippen LogP contribution in [-0.2, 0) is 7.05 Å². The summed E-state index contributed by atoms with van der Waals surface area (Å²) in [4.78, 5) is 0. The van der Waals surface area contributed by atoms with Gasteiger partial charge in [0.25, 0.3) is 0 Å². The summed E-state index contributed by atoms with van der Waals surface area (Å²) in [5.74, 6) is -0.213. The topological polar surface area (TPSA) is 8.81 Å². The number of halogens is 1. The van der Waals surface area contributed by atoms with Crippen LogP contribution >= 0.6 is 0 Å². The number of fused-ring (bicyclic) bond motifs is 1. The number of aromatic nitrogens is 2. The lowest BCUT2D eigenvalue weighted by molar-refractivity contribution is -0.645. The number of hydrogen-bond donors (Lipinski definition) is 0. The van der Waals surface area contributed by atoms with E-state index in [4.69, 9.17) is 0 Å². The van der Waals surface area contributed by atoms with Crippen LogP contribution in [0.25, 0.3) is 16.7 Å². The molecule has 17 heavy (non-hydrogen) atoms. The zero-order chi connectivity index (χ0) is 11.8. The van der Waals surface area contributed by atoms with Crippen LogP contribution in [0.1, 0.15) is 0 Å². The monoisotopic (exact) mass is 227 g/mol. The summed E-state index contributed by atoms with van der Waals surface area (Å²) in [5, 5.41) is 0. The minimum Gasteiger partial charge on any atom is -0.232 e. The van der Waals surface area contributed by atoms with Gasteiger partial charge in [0, 0.05) is 0 Å². The van der Waals surface area contributed by atoms with Crippen LogP contribution in [-0.4, -0.2) is 4.57 Å². The number of benzene rings is 2. The minimum absolute atomic E-state index is 0.213. The molecule has 0 bridgehead atoms. The van der Waals surface area contributed by atoms with Crippen molar-refractivity contribution in [2.24, 2.45) is 7.05 Å². The number of rotatable bonds is 1. The maximum absolute atomic E-state index is 12.9. The lowest BCUT2D eigenvalue weighted by Gasteiger charge is -1.96. The molecule has 3 heteroatoms. The molecule has 1 aromatic heterocycles. The van der Waals surface area contributed by atoms with Gasteiger partial charge < -0.3 is 0 Å². The number of hydrogen-bond acceptors (Lipinski definition) is 0. The Labute approximate surface area is 98.5 Å². The largest absolute Gasteiger partial charge is 0.249 e. The third kappa shape index (κ3) is 1.60. The van der Waals surface area contributed by atoms with Gasteiger partial charge >= 0.3 is 0 Å². The Bertz CT molecular complexity index is 668. The minimum atomic E-state index is -0.213. The normalized spacial score (nSPS) is 10.9. The van der Waals surface area contributed by atoms with Crippen LogP contribution in [0.3, 0.4) is 0 Å². The number of para-hydroxylation sites is 2. The first-order valence-corrected chi connectivity index (χ1v) is 5.47. The third-order valence-corrected chi connectivity index (χ3v) is 2.91. The highest BCUT2D eigenvalue weighted by atomic mass is 19.1. The van der Waals surface area contributed by atoms with Crippen molar-refractivity contribution in [3.63, 3.8) is 0 Å². The zero-order valence-electron chi connectivity index (χ0n) is 9.47. The number of nitrogens with zero attached hydrogens (tertiary/aromatic N) is 2. The van der Waals surface area contributed by atoms with Gasteiger partial charge in [-0.15, -0.1) is 0 Å². The summed E-state index contributed by atoms with van der Waals surface area (Å²) in [7, 11) is 2.00. The van der Waals surface area contributed by atoms with Crippen molar-refractivity contribution in [2.45, 2.75) is 0 Å². The first-order valence-electron chi connectivity index (χ1n) is 5.47. The van der Waals surface area contributed by atoms with Crippen molar-refractivity contribution in [1.29, 1.82) is 0 Å². The van der Waals surface area contributed by atoms with Crippen molar-refractivity contribution in [2.75, 3.05) is 0 Å². The van der Waals surface area contributed by atoms with E-state index in [0.717, 1.165) is 16.7 Å². The maximum Gasteiger partial charge on any atom is 0.249 e. The number of imidazole rings is 1. The van der Waals surface area contributed by atoms with E-state index >= 15 is 0 Å². The summed E-state index contributed by atoms with van der Waals surface area (Å²) in [6.07, 6.45) is 2.00. The molecule has 0 N–H and O–H groups in total. The van der Waals surface area contributed by atoms with Crippen LogP contribution in [0.4, 0.5) is 4.39 Å². The molecule has 0 saturated carbocycles. The van der Waals surface area contributed by atoms with Crippen LogP contribution in [0.2, 0.25) is 0 Å². The number of aryl methyl sites for hydroxylation is 1. The second-order valence-electron chi connectivity index (χ2n) is 4.06. The summed E-state index contributed by atoms with van der Waals surface area (Å²) < 4.78 is 17.0. The average Bonchev–Trinajstić information content (AvgIpc) is 2.69. The Morgan fingerprint density at radius 1 is 1.00 bits per heavy atom. The van der Waals surface area contributed by atoms with Crippen molar-refractivity contribution in [3.8, 4) is 5.69 Å². The zero-order valence-corrected chi connectivity index (χ0v) is 9.47. The van der Waals surface area contributed by atoms with Crippen LogP contribution in [0.15, 0.2) is 54.9 Å². The summed E-state index contributed by atoms with van der Waals surface area (Å²) in [5.41, 5.74) is 3.22. The molecule has 0 unspecified atom stereocenters. The Morgan fingerprint density at radius 3 is 2.47 bits per heavy atom. The molecule has 0 radical (unpaired) electrons. The Morgan fingerprint density at radius 2 is 1.71 bits per heavy atom. The van der Waals surface area contributed by atoms with Gasteiger partial charge in [-0.05, 0) is 36.4 Å². The fraction of sp³-hybridized carbons (Fsp3) is 0.0714. The van der Waals surface area contributed by atoms with Gasteiger partial charge in [-0.25, -0.2) is 8.96 Å². The van der Waals surface area contributed by atoms with Gasteiger partial charge in [-0.1, -0.05) is 12.1 Å². The molecule has 0 aliphatic heterocycles. The molecule has 2 nitrogen and oxygen atoms in total. The highest BCUT2D eigenvalue weighted by Gasteiger charge is 2.13. The molecule has 0 spiro atoms. The molecular weight excluding hydrogens is 215 g/mol. The van der Waals surface area contributed by atoms with E-state index < -0.39 is 0 Å². The van der Waals surface area contributed by atoms with E-state index in [9.17, 15) is 4.39 Å². The van der Waals surface area contributed by atoms with E-state index in [1.165, 1.54) is 12.1 Å². The first-order chi connectivity index (χ1) is 8.25. The van der Waals surface area contributed by atoms with E-state index in [1.807, 2.05) is 25.5 Å². The fourth-order valence-corrected chi connectivity index (χ4v) is 2.07. The second kappa shape index (κ2) is 3.70. The molecule has 3 rings (SSSR count). The summed E-state index contributed by atoms with van der Waals surface area (Å²) >= 11 is 0. The van der Waals surface area contributed by atoms with Gasteiger partial charge in [-0.2, -0.15) is 4.57 Å². The molecule has 0 aliphatic rings. The standard InChI is InChI=1S/C14H12FN2/c1-16-10-17(12-8-6-11(15)7-9-12)14-5-3-2-4-13(14)16/h2-10H,1H3/q+1. The van der Waals surface area contributed by atoms with E-state index in [2.05, 4.69) is 21.3 Å². The Kier molecular flexibility index (Phi) is 2.18. The van der Waals surface area contributed by atoms with E-state index in [1.54, 1.807) is 12.1 Å². The molecule has 0 atom stereocenters. The van der Waals surface area contributed by atoms with E-state index in [-0.39, 0.29) is 5.82 Å². The Balaban J connectivity index is 2.27. The molecule has 3 aromatic rings. The van der Waals surface area contributed by atoms with E-state index in [0.29, 0.717) is 0 Å². The predicted octanol–water partition coefficient (Wildman–Crippen LogP) is 2.59. The van der Waals surface area contributed by atoms with Crippen LogP contribution in [0, 0.1) is 5.82 Å². The summed E-state index contributed by atoms with van der Waals surface area (Å²) in [6, 6.07) is 14.6. The van der Waals surface area contributed by atoms with Gasteiger partial charge in [0.15, 0.2) is 11.0 Å². The lowest BCUT2D eigenvalue weighted by Crippen LogP contribution is -2.25. The van der Waals surface area contributed by atoms with Crippen LogP contribution in [0.5, 0.6) is 0 Å². The van der Waals surface area contributed by atoms with Crippen molar-refractivity contribution in [1.82, 2.24) is 4.57 Å². The van der Waals surface area contributed by atoms with Crippen molar-refractivity contribution >= 4 is 11.0 Å². The molecule has 84 valence electrons. The lowest BCUT2D eigenvalue weighted by atomic mass is 10.3. The third-order valence-electron chi connectivity index (χ3n) is 2.91. The molecular formula is C14H12FN2+. The quantitative estimate of drug-likeness (QED) is 0.565. The molecule has 0 fully saturated rings. The maximum atomic E-state index is 12.9. The van der Waals surface area contributed by atoms with Crippen molar-refractivity contribution in [3.05, 3.63) is 60.7 Å². The SMILES string of the molecule is C[n+]1cn(-c2ccc(F)cc2)c2ccccc21. The van der Waals surface area contributed by atoms with Gasteiger partial charge in [0.1, 0.15) is 11.5 Å². The van der Waals surface area contributed by atoms with Gasteiger partial charge in [0.05, 0.1) is 7.05 Å². The Hall–Kier alpha value is -2.16. The van der Waals surface area contributed by atoms with Crippen LogP contribution < -0.4 is 4.57 Å². The van der Waals surface area contributed by atoms with Gasteiger partial charge in [0.2, 0.25) is 6.33 Å². The predicted molar refractivity (Wildman–Crippen MR) is 64.4 cm³/mol. The highest BCUT2D eigenvalue weighted by molar-refractivity contribution is 5.73. The van der Waals surface area contributed by atoms with Gasteiger partial charge in [-0.3, -0.25) is 0 Å². The van der Waals surface area contributed by atoms with Crippen molar-refractivity contribution < 1.29 is 8.96 Å². The molecule has 0 saturated heterocycles. The second-order valence-corrected chi connectivity index (χ2v) is 4.06. The average molecular weight is 227 g/mol. The molecule has 0 amide bonds. The highest BCUT2D eigenvalue weighted by Crippen LogP contribution is 2.16. The molecule has 0 aliphatic carbocycles. The molecule has 1 heterocycles.